The van der Waals surface area contributed by atoms with E-state index in [0.717, 1.165) is 23.0 Å². The molecule has 0 amide bonds. The molecule has 0 spiro atoms. The number of nitrogens with zero attached hydrogens (tertiary/aromatic N) is 1. The van der Waals surface area contributed by atoms with Crippen LogP contribution in [-0.2, 0) is 9.53 Å². The first-order valence-electron chi connectivity index (χ1n) is 5.99. The monoisotopic (exact) mass is 256 g/mol. The van der Waals surface area contributed by atoms with Gasteiger partial charge in [-0.3, -0.25) is 4.99 Å². The van der Waals surface area contributed by atoms with Gasteiger partial charge in [-0.05, 0) is 26.0 Å². The van der Waals surface area contributed by atoms with E-state index in [1.807, 2.05) is 20.8 Å². The van der Waals surface area contributed by atoms with Crippen molar-refractivity contribution in [2.45, 2.75) is 40.2 Å². The zero-order valence-corrected chi connectivity index (χ0v) is 11.7. The quantitative estimate of drug-likeness (QED) is 0.784. The Bertz CT molecular complexity index is 350. The second-order valence-electron chi connectivity index (χ2n) is 3.68. The van der Waals surface area contributed by atoms with Gasteiger partial charge in [-0.1, -0.05) is 25.6 Å². The first-order valence-corrected chi connectivity index (χ1v) is 6.98. The number of nitrogens with one attached hydrogen (secondary N) is 1. The van der Waals surface area contributed by atoms with Crippen molar-refractivity contribution in [1.82, 2.24) is 5.32 Å². The SMILES string of the molecule is CCOC(=O)C1=C(C)NC(SCC)=N[C@H]1CC. The smallest absolute Gasteiger partial charge is 0.337 e. The van der Waals surface area contributed by atoms with E-state index in [4.69, 9.17) is 4.74 Å². The average molecular weight is 256 g/mol. The number of hydrogen-bond acceptors (Lipinski definition) is 5. The van der Waals surface area contributed by atoms with Crippen LogP contribution in [0.1, 0.15) is 34.1 Å². The number of amidine groups is 1. The fourth-order valence-corrected chi connectivity index (χ4v) is 2.42. The molecule has 0 unspecified atom stereocenters. The number of carbonyl (C=O) groups excluding carboxylic acids is 1. The summed E-state index contributed by atoms with van der Waals surface area (Å²) < 4.78 is 5.07. The van der Waals surface area contributed by atoms with Gasteiger partial charge < -0.3 is 10.1 Å². The maximum atomic E-state index is 11.8. The molecule has 0 saturated carbocycles. The number of thioether (sulfide) groups is 1. The van der Waals surface area contributed by atoms with Gasteiger partial charge in [0.05, 0.1) is 18.2 Å². The molecular weight excluding hydrogens is 236 g/mol. The average Bonchev–Trinajstić information content (AvgIpc) is 2.28. The summed E-state index contributed by atoms with van der Waals surface area (Å²) in [6, 6.07) is -0.0793. The second-order valence-corrected chi connectivity index (χ2v) is 4.93. The number of aliphatic imine (C=N–C) groups is 1. The van der Waals surface area contributed by atoms with Crippen LogP contribution in [0.3, 0.4) is 0 Å². The first kappa shape index (κ1) is 14.1. The lowest BCUT2D eigenvalue weighted by Gasteiger charge is -2.24. The number of esters is 1. The highest BCUT2D eigenvalue weighted by molar-refractivity contribution is 8.13. The molecule has 1 atom stereocenters. The molecule has 96 valence electrons. The van der Waals surface area contributed by atoms with Gasteiger partial charge in [0, 0.05) is 5.70 Å². The molecule has 5 heteroatoms. The molecule has 0 aromatic heterocycles. The molecule has 1 N–H and O–H groups in total. The van der Waals surface area contributed by atoms with E-state index in [1.165, 1.54) is 0 Å². The summed E-state index contributed by atoms with van der Waals surface area (Å²) in [4.78, 5) is 16.4. The number of allylic oxidation sites excluding steroid dienone is 1. The van der Waals surface area contributed by atoms with E-state index < -0.39 is 0 Å². The van der Waals surface area contributed by atoms with Crippen LogP contribution >= 0.6 is 11.8 Å². The lowest BCUT2D eigenvalue weighted by atomic mass is 10.0. The molecule has 0 radical (unpaired) electrons. The van der Waals surface area contributed by atoms with Crippen molar-refractivity contribution in [3.8, 4) is 0 Å². The van der Waals surface area contributed by atoms with E-state index in [0.29, 0.717) is 12.2 Å². The zero-order valence-electron chi connectivity index (χ0n) is 10.9. The molecular formula is C12H20N2O2S. The summed E-state index contributed by atoms with van der Waals surface area (Å²) >= 11 is 1.65. The van der Waals surface area contributed by atoms with Crippen molar-refractivity contribution in [3.63, 3.8) is 0 Å². The molecule has 0 aliphatic carbocycles. The van der Waals surface area contributed by atoms with Gasteiger partial charge in [0.1, 0.15) is 0 Å². The minimum absolute atomic E-state index is 0.0793. The number of carbonyl (C=O) groups is 1. The molecule has 4 nitrogen and oxygen atoms in total. The number of hydrogen-bond donors (Lipinski definition) is 1. The predicted octanol–water partition coefficient (Wildman–Crippen LogP) is 2.31. The summed E-state index contributed by atoms with van der Waals surface area (Å²) in [5.74, 6) is 0.707. The third-order valence-electron chi connectivity index (χ3n) is 2.47. The molecule has 1 aliphatic rings. The molecule has 0 bridgehead atoms. The van der Waals surface area contributed by atoms with Crippen molar-refractivity contribution in [1.29, 1.82) is 0 Å². The standard InChI is InChI=1S/C12H20N2O2S/c1-5-9-10(11(15)16-6-2)8(4)13-12(14-9)17-7-3/h9H,5-7H2,1-4H3,(H,13,14)/t9-/m0/s1. The van der Waals surface area contributed by atoms with Crippen LogP contribution in [0.25, 0.3) is 0 Å². The number of ether oxygens (including phenoxy) is 1. The van der Waals surface area contributed by atoms with Gasteiger partial charge in [0.15, 0.2) is 5.17 Å². The maximum Gasteiger partial charge on any atom is 0.337 e. The Balaban J connectivity index is 2.89. The summed E-state index contributed by atoms with van der Waals surface area (Å²) in [6.07, 6.45) is 0.806. The highest BCUT2D eigenvalue weighted by Gasteiger charge is 2.27. The second kappa shape index (κ2) is 6.69. The zero-order chi connectivity index (χ0) is 12.8. The third kappa shape index (κ3) is 3.49. The van der Waals surface area contributed by atoms with Crippen molar-refractivity contribution < 1.29 is 9.53 Å². The molecule has 17 heavy (non-hydrogen) atoms. The third-order valence-corrected chi connectivity index (χ3v) is 3.24. The van der Waals surface area contributed by atoms with Crippen LogP contribution in [0, 0.1) is 0 Å². The van der Waals surface area contributed by atoms with Gasteiger partial charge in [0.25, 0.3) is 0 Å². The Kier molecular flexibility index (Phi) is 5.55. The topological polar surface area (TPSA) is 50.7 Å². The molecule has 0 aromatic carbocycles. The molecule has 1 aliphatic heterocycles. The van der Waals surface area contributed by atoms with Gasteiger partial charge in [-0.15, -0.1) is 0 Å². The lowest BCUT2D eigenvalue weighted by Crippen LogP contribution is -2.33. The Morgan fingerprint density at radius 1 is 1.47 bits per heavy atom. The van der Waals surface area contributed by atoms with Crippen LogP contribution in [0.15, 0.2) is 16.3 Å². The predicted molar refractivity (Wildman–Crippen MR) is 72.1 cm³/mol. The molecule has 0 aromatic rings. The van der Waals surface area contributed by atoms with Crippen LogP contribution in [0.2, 0.25) is 0 Å². The van der Waals surface area contributed by atoms with E-state index in [9.17, 15) is 4.79 Å². The van der Waals surface area contributed by atoms with E-state index in [1.54, 1.807) is 11.8 Å². The molecule has 0 fully saturated rings. The van der Waals surface area contributed by atoms with Crippen molar-refractivity contribution >= 4 is 22.9 Å². The Hall–Kier alpha value is -0.970. The summed E-state index contributed by atoms with van der Waals surface area (Å²) in [7, 11) is 0. The Labute approximate surface area is 107 Å². The minimum Gasteiger partial charge on any atom is -0.463 e. The fourth-order valence-electron chi connectivity index (χ4n) is 1.72. The molecule has 1 heterocycles. The fraction of sp³-hybridized carbons (Fsp3) is 0.667. The van der Waals surface area contributed by atoms with Crippen LogP contribution < -0.4 is 5.32 Å². The van der Waals surface area contributed by atoms with Crippen molar-refractivity contribution in [3.05, 3.63) is 11.3 Å². The van der Waals surface area contributed by atoms with Crippen LogP contribution in [-0.4, -0.2) is 29.5 Å². The largest absolute Gasteiger partial charge is 0.463 e. The molecule has 0 saturated heterocycles. The highest BCUT2D eigenvalue weighted by atomic mass is 32.2. The van der Waals surface area contributed by atoms with Crippen LogP contribution in [0.4, 0.5) is 0 Å². The van der Waals surface area contributed by atoms with Gasteiger partial charge in [-0.25, -0.2) is 4.79 Å². The Morgan fingerprint density at radius 3 is 2.71 bits per heavy atom. The first-order chi connectivity index (χ1) is 8.13. The lowest BCUT2D eigenvalue weighted by molar-refractivity contribution is -0.138. The van der Waals surface area contributed by atoms with Gasteiger partial charge >= 0.3 is 5.97 Å². The van der Waals surface area contributed by atoms with Crippen molar-refractivity contribution in [2.75, 3.05) is 12.4 Å². The number of rotatable bonds is 4. The van der Waals surface area contributed by atoms with E-state index in [2.05, 4.69) is 17.2 Å². The molecule has 1 rings (SSSR count). The van der Waals surface area contributed by atoms with E-state index >= 15 is 0 Å². The van der Waals surface area contributed by atoms with Crippen LogP contribution in [0.5, 0.6) is 0 Å². The normalized spacial score (nSPS) is 19.8. The van der Waals surface area contributed by atoms with Gasteiger partial charge in [-0.2, -0.15) is 0 Å². The van der Waals surface area contributed by atoms with Gasteiger partial charge in [0.2, 0.25) is 0 Å². The summed E-state index contributed by atoms with van der Waals surface area (Å²) in [5, 5.41) is 4.06. The highest BCUT2D eigenvalue weighted by Crippen LogP contribution is 2.22. The summed E-state index contributed by atoms with van der Waals surface area (Å²) in [6.45, 7) is 8.22. The van der Waals surface area contributed by atoms with E-state index in [-0.39, 0.29) is 12.0 Å². The van der Waals surface area contributed by atoms with Crippen molar-refractivity contribution in [2.24, 2.45) is 4.99 Å². The summed E-state index contributed by atoms with van der Waals surface area (Å²) in [5.41, 5.74) is 1.52. The minimum atomic E-state index is -0.256. The Morgan fingerprint density at radius 2 is 2.18 bits per heavy atom. The maximum absolute atomic E-state index is 11.8.